The van der Waals surface area contributed by atoms with Crippen LogP contribution in [-0.2, 0) is 5.41 Å². The molecule has 0 bridgehead atoms. The topological polar surface area (TPSA) is 52.0 Å². The first-order valence-electron chi connectivity index (χ1n) is 5.51. The molecule has 4 N–H and O–H groups in total. The van der Waals surface area contributed by atoms with Crippen molar-refractivity contribution in [1.29, 1.82) is 0 Å². The molecule has 0 aliphatic rings. The molecule has 0 spiro atoms. The Bertz CT molecular complexity index is 295. The quantitative estimate of drug-likeness (QED) is 0.797. The van der Waals surface area contributed by atoms with Crippen molar-refractivity contribution in [2.45, 2.75) is 38.6 Å². The van der Waals surface area contributed by atoms with Gasteiger partial charge in [-0.15, -0.1) is 0 Å². The summed E-state index contributed by atoms with van der Waals surface area (Å²) in [7, 11) is 0. The summed E-state index contributed by atoms with van der Waals surface area (Å²) in [6, 6.07) is 8.61. The van der Waals surface area contributed by atoms with Gasteiger partial charge in [0.25, 0.3) is 0 Å². The molecule has 1 atom stereocenters. The molecule has 2 nitrogen and oxygen atoms in total. The second-order valence-corrected chi connectivity index (χ2v) is 5.06. The Morgan fingerprint density at radius 1 is 1.13 bits per heavy atom. The standard InChI is InChI=1S/C13H22N2/c1-13(2,3)11-6-4-10(5-7-11)12(15)8-9-14/h4-7,12H,8-9,14-15H2,1-3H3/t12-/m1/s1. The summed E-state index contributed by atoms with van der Waals surface area (Å²) >= 11 is 0. The number of rotatable bonds is 3. The Balaban J connectivity index is 2.81. The van der Waals surface area contributed by atoms with E-state index < -0.39 is 0 Å². The van der Waals surface area contributed by atoms with E-state index in [0.29, 0.717) is 6.54 Å². The van der Waals surface area contributed by atoms with Crippen molar-refractivity contribution < 1.29 is 0 Å². The number of hydrogen-bond donors (Lipinski definition) is 2. The predicted molar refractivity (Wildman–Crippen MR) is 65.7 cm³/mol. The smallest absolute Gasteiger partial charge is 0.0306 e. The minimum Gasteiger partial charge on any atom is -0.330 e. The van der Waals surface area contributed by atoms with Gasteiger partial charge in [0.2, 0.25) is 0 Å². The van der Waals surface area contributed by atoms with E-state index in [1.807, 2.05) is 0 Å². The van der Waals surface area contributed by atoms with Crippen molar-refractivity contribution >= 4 is 0 Å². The highest BCUT2D eigenvalue weighted by Gasteiger charge is 2.13. The maximum absolute atomic E-state index is 5.98. The fourth-order valence-corrected chi connectivity index (χ4v) is 1.58. The molecular weight excluding hydrogens is 184 g/mol. The van der Waals surface area contributed by atoms with Gasteiger partial charge in [0.1, 0.15) is 0 Å². The van der Waals surface area contributed by atoms with Gasteiger partial charge in [0.15, 0.2) is 0 Å². The molecule has 0 aliphatic carbocycles. The molecule has 84 valence electrons. The van der Waals surface area contributed by atoms with Crippen LogP contribution in [0.4, 0.5) is 0 Å². The van der Waals surface area contributed by atoms with Gasteiger partial charge in [-0.25, -0.2) is 0 Å². The molecule has 1 aromatic rings. The Morgan fingerprint density at radius 3 is 2.07 bits per heavy atom. The molecule has 0 saturated carbocycles. The number of hydrogen-bond acceptors (Lipinski definition) is 2. The summed E-state index contributed by atoms with van der Waals surface area (Å²) in [6.07, 6.45) is 0.842. The summed E-state index contributed by atoms with van der Waals surface area (Å²) in [5.74, 6) is 0. The minimum absolute atomic E-state index is 0.0732. The highest BCUT2D eigenvalue weighted by molar-refractivity contribution is 5.29. The van der Waals surface area contributed by atoms with E-state index in [1.165, 1.54) is 11.1 Å². The van der Waals surface area contributed by atoms with E-state index in [0.717, 1.165) is 6.42 Å². The molecule has 1 aromatic carbocycles. The second-order valence-electron chi connectivity index (χ2n) is 5.06. The van der Waals surface area contributed by atoms with E-state index >= 15 is 0 Å². The van der Waals surface area contributed by atoms with Crippen molar-refractivity contribution in [3.8, 4) is 0 Å². The van der Waals surface area contributed by atoms with E-state index in [1.54, 1.807) is 0 Å². The minimum atomic E-state index is 0.0732. The van der Waals surface area contributed by atoms with Gasteiger partial charge in [-0.05, 0) is 29.5 Å². The van der Waals surface area contributed by atoms with Crippen LogP contribution >= 0.6 is 0 Å². The van der Waals surface area contributed by atoms with Gasteiger partial charge >= 0.3 is 0 Å². The van der Waals surface area contributed by atoms with Crippen LogP contribution in [-0.4, -0.2) is 6.54 Å². The molecule has 0 fully saturated rings. The lowest BCUT2D eigenvalue weighted by Gasteiger charge is -2.20. The molecule has 0 unspecified atom stereocenters. The molecule has 0 aliphatic heterocycles. The highest BCUT2D eigenvalue weighted by atomic mass is 14.7. The van der Waals surface area contributed by atoms with Crippen LogP contribution in [0, 0.1) is 0 Å². The van der Waals surface area contributed by atoms with Gasteiger partial charge in [0.05, 0.1) is 0 Å². The zero-order chi connectivity index (χ0) is 11.5. The lowest BCUT2D eigenvalue weighted by molar-refractivity contribution is 0.588. The molecule has 1 rings (SSSR count). The van der Waals surface area contributed by atoms with Crippen LogP contribution in [0.15, 0.2) is 24.3 Å². The molecule has 0 saturated heterocycles. The van der Waals surface area contributed by atoms with Gasteiger partial charge in [-0.1, -0.05) is 45.0 Å². The van der Waals surface area contributed by atoms with Crippen LogP contribution in [0.1, 0.15) is 44.4 Å². The van der Waals surface area contributed by atoms with Crippen LogP contribution in [0.25, 0.3) is 0 Å². The highest BCUT2D eigenvalue weighted by Crippen LogP contribution is 2.23. The maximum atomic E-state index is 5.98. The van der Waals surface area contributed by atoms with Crippen molar-refractivity contribution in [2.24, 2.45) is 11.5 Å². The zero-order valence-corrected chi connectivity index (χ0v) is 9.96. The van der Waals surface area contributed by atoms with Crippen LogP contribution < -0.4 is 11.5 Å². The van der Waals surface area contributed by atoms with Crippen LogP contribution in [0.5, 0.6) is 0 Å². The van der Waals surface area contributed by atoms with Crippen molar-refractivity contribution in [2.75, 3.05) is 6.54 Å². The molecule has 0 radical (unpaired) electrons. The van der Waals surface area contributed by atoms with Crippen LogP contribution in [0.3, 0.4) is 0 Å². The van der Waals surface area contributed by atoms with E-state index in [-0.39, 0.29) is 11.5 Å². The van der Waals surface area contributed by atoms with E-state index in [9.17, 15) is 0 Å². The average molecular weight is 206 g/mol. The predicted octanol–water partition coefficient (Wildman–Crippen LogP) is 2.33. The first kappa shape index (κ1) is 12.2. The van der Waals surface area contributed by atoms with E-state index in [4.69, 9.17) is 11.5 Å². The van der Waals surface area contributed by atoms with Gasteiger partial charge in [-0.2, -0.15) is 0 Å². The molecule has 0 aromatic heterocycles. The van der Waals surface area contributed by atoms with Gasteiger partial charge in [-0.3, -0.25) is 0 Å². The first-order valence-corrected chi connectivity index (χ1v) is 5.51. The monoisotopic (exact) mass is 206 g/mol. The summed E-state index contributed by atoms with van der Waals surface area (Å²) < 4.78 is 0. The summed E-state index contributed by atoms with van der Waals surface area (Å²) in [5.41, 5.74) is 14.2. The maximum Gasteiger partial charge on any atom is 0.0306 e. The Labute approximate surface area is 92.7 Å². The summed E-state index contributed by atoms with van der Waals surface area (Å²) in [4.78, 5) is 0. The summed E-state index contributed by atoms with van der Waals surface area (Å²) in [6.45, 7) is 7.27. The molecule has 2 heteroatoms. The van der Waals surface area contributed by atoms with E-state index in [2.05, 4.69) is 45.0 Å². The second kappa shape index (κ2) is 4.77. The fraction of sp³-hybridized carbons (Fsp3) is 0.538. The van der Waals surface area contributed by atoms with Crippen molar-refractivity contribution in [3.05, 3.63) is 35.4 Å². The SMILES string of the molecule is CC(C)(C)c1ccc([C@H](N)CCN)cc1. The third kappa shape index (κ3) is 3.33. The largest absolute Gasteiger partial charge is 0.330 e. The third-order valence-corrected chi connectivity index (χ3v) is 2.68. The fourth-order valence-electron chi connectivity index (χ4n) is 1.58. The molecule has 15 heavy (non-hydrogen) atoms. The number of nitrogens with two attached hydrogens (primary N) is 2. The van der Waals surface area contributed by atoms with Crippen molar-refractivity contribution in [1.82, 2.24) is 0 Å². The third-order valence-electron chi connectivity index (χ3n) is 2.68. The Hall–Kier alpha value is -0.860. The average Bonchev–Trinajstić information content (AvgIpc) is 2.17. The Kier molecular flexibility index (Phi) is 3.89. The lowest BCUT2D eigenvalue weighted by atomic mass is 9.86. The molecule has 0 amide bonds. The Morgan fingerprint density at radius 2 is 1.67 bits per heavy atom. The van der Waals surface area contributed by atoms with Crippen LogP contribution in [0.2, 0.25) is 0 Å². The van der Waals surface area contributed by atoms with Crippen molar-refractivity contribution in [3.63, 3.8) is 0 Å². The molecule has 0 heterocycles. The molecular formula is C13H22N2. The van der Waals surface area contributed by atoms with Gasteiger partial charge in [0, 0.05) is 6.04 Å². The first-order chi connectivity index (χ1) is 6.95. The normalized spacial score (nSPS) is 13.9. The van der Waals surface area contributed by atoms with Gasteiger partial charge < -0.3 is 11.5 Å². The lowest BCUT2D eigenvalue weighted by Crippen LogP contribution is -2.16. The summed E-state index contributed by atoms with van der Waals surface area (Å²) in [5, 5.41) is 0. The number of benzene rings is 1. The zero-order valence-electron chi connectivity index (χ0n) is 9.96.